The summed E-state index contributed by atoms with van der Waals surface area (Å²) in [6.07, 6.45) is -2.63. The van der Waals surface area contributed by atoms with E-state index in [1.807, 2.05) is 0 Å². The second kappa shape index (κ2) is 6.49. The van der Waals surface area contributed by atoms with E-state index in [4.69, 9.17) is 10.5 Å². The van der Waals surface area contributed by atoms with Crippen LogP contribution in [0, 0.1) is 6.92 Å². The van der Waals surface area contributed by atoms with E-state index >= 15 is 0 Å². The van der Waals surface area contributed by atoms with E-state index in [0.29, 0.717) is 35.6 Å². The van der Waals surface area contributed by atoms with Gasteiger partial charge < -0.3 is 15.2 Å². The first-order chi connectivity index (χ1) is 10.8. The molecule has 0 saturated carbocycles. The molecule has 2 N–H and O–H groups in total. The van der Waals surface area contributed by atoms with Gasteiger partial charge in [-0.05, 0) is 36.2 Å². The van der Waals surface area contributed by atoms with Crippen LogP contribution in [-0.2, 0) is 5.54 Å². The molecule has 2 heterocycles. The van der Waals surface area contributed by atoms with Crippen molar-refractivity contribution in [2.45, 2.75) is 25.2 Å². The number of rotatable bonds is 2. The lowest BCUT2D eigenvalue weighted by Gasteiger charge is -2.35. The van der Waals surface area contributed by atoms with Crippen molar-refractivity contribution >= 4 is 12.4 Å². The molecule has 0 radical (unpaired) electrons. The fourth-order valence-corrected chi connectivity index (χ4v) is 2.73. The minimum absolute atomic E-state index is 0. The third-order valence-electron chi connectivity index (χ3n) is 3.86. The summed E-state index contributed by atoms with van der Waals surface area (Å²) in [5.41, 5.74) is 7.23. The molecule has 0 aliphatic carbocycles. The Kier molecular flexibility index (Phi) is 4.96. The minimum atomic E-state index is -4.72. The topological polar surface area (TPSA) is 57.4 Å². The Balaban J connectivity index is 0.00000208. The summed E-state index contributed by atoms with van der Waals surface area (Å²) in [5.74, 6) is 0.354. The van der Waals surface area contributed by atoms with Gasteiger partial charge in [0.1, 0.15) is 17.2 Å². The number of alkyl halides is 3. The summed E-state index contributed by atoms with van der Waals surface area (Å²) < 4.78 is 46.7. The first-order valence-electron chi connectivity index (χ1n) is 7.04. The largest absolute Gasteiger partial charge is 0.573 e. The number of pyridine rings is 1. The van der Waals surface area contributed by atoms with Gasteiger partial charge in [-0.15, -0.1) is 25.6 Å². The van der Waals surface area contributed by atoms with Crippen molar-refractivity contribution in [3.05, 3.63) is 53.3 Å². The molecule has 1 atom stereocenters. The first kappa shape index (κ1) is 18.4. The molecule has 3 rings (SSSR count). The van der Waals surface area contributed by atoms with Crippen molar-refractivity contribution in [2.75, 3.05) is 6.61 Å². The summed E-state index contributed by atoms with van der Waals surface area (Å²) >= 11 is 0. The van der Waals surface area contributed by atoms with Crippen LogP contribution in [-0.4, -0.2) is 18.0 Å². The van der Waals surface area contributed by atoms with Crippen LogP contribution >= 0.6 is 12.4 Å². The van der Waals surface area contributed by atoms with Gasteiger partial charge in [-0.2, -0.15) is 0 Å². The molecule has 0 amide bonds. The van der Waals surface area contributed by atoms with E-state index in [0.717, 1.165) is 0 Å². The Morgan fingerprint density at radius 1 is 1.29 bits per heavy atom. The zero-order chi connectivity index (χ0) is 16.7. The lowest BCUT2D eigenvalue weighted by Crippen LogP contribution is -2.43. The van der Waals surface area contributed by atoms with Crippen LogP contribution < -0.4 is 15.2 Å². The van der Waals surface area contributed by atoms with E-state index in [2.05, 4.69) is 9.72 Å². The van der Waals surface area contributed by atoms with Gasteiger partial charge in [0.05, 0.1) is 12.1 Å². The Labute approximate surface area is 143 Å². The van der Waals surface area contributed by atoms with Crippen LogP contribution in [0.5, 0.6) is 11.5 Å². The molecule has 0 fully saturated rings. The van der Waals surface area contributed by atoms with Crippen LogP contribution in [0.15, 0.2) is 36.5 Å². The van der Waals surface area contributed by atoms with Gasteiger partial charge in [0.2, 0.25) is 0 Å². The number of aryl methyl sites for hydroxylation is 1. The molecule has 0 bridgehead atoms. The van der Waals surface area contributed by atoms with Crippen molar-refractivity contribution < 1.29 is 22.6 Å². The van der Waals surface area contributed by atoms with Crippen molar-refractivity contribution in [1.29, 1.82) is 0 Å². The van der Waals surface area contributed by atoms with E-state index in [9.17, 15) is 13.2 Å². The van der Waals surface area contributed by atoms with Gasteiger partial charge in [0.15, 0.2) is 0 Å². The first-order valence-corrected chi connectivity index (χ1v) is 7.04. The van der Waals surface area contributed by atoms with E-state index in [-0.39, 0.29) is 18.2 Å². The standard InChI is InChI=1S/C16H15F3N2O2.ClH/c1-10-9-11(4-5-12(10)23-16(17,18)19)15(20)6-8-22-13-3-2-7-21-14(13)15;/h2-5,7,9H,6,8,20H2,1H3;1H. The molecule has 1 aromatic heterocycles. The van der Waals surface area contributed by atoms with Crippen LogP contribution in [0.2, 0.25) is 0 Å². The number of hydrogen-bond donors (Lipinski definition) is 1. The quantitative estimate of drug-likeness (QED) is 0.887. The van der Waals surface area contributed by atoms with Crippen molar-refractivity contribution in [3.8, 4) is 11.5 Å². The van der Waals surface area contributed by atoms with Gasteiger partial charge in [0.25, 0.3) is 0 Å². The van der Waals surface area contributed by atoms with Gasteiger partial charge in [-0.1, -0.05) is 12.1 Å². The highest BCUT2D eigenvalue weighted by atomic mass is 35.5. The van der Waals surface area contributed by atoms with Crippen molar-refractivity contribution in [2.24, 2.45) is 5.73 Å². The summed E-state index contributed by atoms with van der Waals surface area (Å²) in [6.45, 7) is 1.96. The zero-order valence-electron chi connectivity index (χ0n) is 12.8. The number of halogens is 4. The van der Waals surface area contributed by atoms with E-state index < -0.39 is 11.9 Å². The molecular formula is C16H16ClF3N2O2. The monoisotopic (exact) mass is 360 g/mol. The number of aromatic nitrogens is 1. The van der Waals surface area contributed by atoms with E-state index in [1.165, 1.54) is 12.1 Å². The maximum absolute atomic E-state index is 12.4. The number of fused-ring (bicyclic) bond motifs is 1. The highest BCUT2D eigenvalue weighted by Crippen LogP contribution is 2.39. The summed E-state index contributed by atoms with van der Waals surface area (Å²) in [5, 5.41) is 0. The minimum Gasteiger partial charge on any atom is -0.491 e. The van der Waals surface area contributed by atoms with Crippen LogP contribution in [0.4, 0.5) is 13.2 Å². The third kappa shape index (κ3) is 3.42. The van der Waals surface area contributed by atoms with Gasteiger partial charge in [-0.3, -0.25) is 4.98 Å². The fourth-order valence-electron chi connectivity index (χ4n) is 2.73. The number of nitrogens with zero attached hydrogens (tertiary/aromatic N) is 1. The molecule has 24 heavy (non-hydrogen) atoms. The number of benzene rings is 1. The predicted octanol–water partition coefficient (Wildman–Crippen LogP) is 3.70. The number of nitrogens with two attached hydrogens (primary N) is 1. The highest BCUT2D eigenvalue weighted by molar-refractivity contribution is 5.85. The average Bonchev–Trinajstić information content (AvgIpc) is 2.48. The van der Waals surface area contributed by atoms with Crippen LogP contribution in [0.3, 0.4) is 0 Å². The van der Waals surface area contributed by atoms with Gasteiger partial charge >= 0.3 is 6.36 Å². The third-order valence-corrected chi connectivity index (χ3v) is 3.86. The Morgan fingerprint density at radius 2 is 2.04 bits per heavy atom. The molecule has 1 aliphatic rings. The lowest BCUT2D eigenvalue weighted by atomic mass is 9.82. The molecule has 1 unspecified atom stereocenters. The molecule has 2 aromatic rings. The molecule has 0 spiro atoms. The average molecular weight is 361 g/mol. The Bertz CT molecular complexity index is 740. The maximum Gasteiger partial charge on any atom is 0.573 e. The van der Waals surface area contributed by atoms with Crippen LogP contribution in [0.1, 0.15) is 23.2 Å². The zero-order valence-corrected chi connectivity index (χ0v) is 13.6. The molecule has 1 aromatic carbocycles. The normalized spacial score (nSPS) is 19.7. The van der Waals surface area contributed by atoms with Gasteiger partial charge in [0, 0.05) is 12.6 Å². The fraction of sp³-hybridized carbons (Fsp3) is 0.312. The molecule has 1 aliphatic heterocycles. The Morgan fingerprint density at radius 3 is 2.71 bits per heavy atom. The van der Waals surface area contributed by atoms with E-state index in [1.54, 1.807) is 31.3 Å². The SMILES string of the molecule is Cc1cc(C2(N)CCOc3cccnc32)ccc1OC(F)(F)F.Cl. The van der Waals surface area contributed by atoms with Crippen LogP contribution in [0.25, 0.3) is 0 Å². The maximum atomic E-state index is 12.4. The van der Waals surface area contributed by atoms with Gasteiger partial charge in [-0.25, -0.2) is 0 Å². The summed E-state index contributed by atoms with van der Waals surface area (Å²) in [4.78, 5) is 4.30. The Hall–Kier alpha value is -1.99. The second-order valence-corrected chi connectivity index (χ2v) is 5.45. The number of hydrogen-bond acceptors (Lipinski definition) is 4. The lowest BCUT2D eigenvalue weighted by molar-refractivity contribution is -0.274. The summed E-state index contributed by atoms with van der Waals surface area (Å²) in [6, 6.07) is 7.95. The smallest absolute Gasteiger partial charge is 0.491 e. The molecule has 130 valence electrons. The molecular weight excluding hydrogens is 345 g/mol. The van der Waals surface area contributed by atoms with Crippen molar-refractivity contribution in [1.82, 2.24) is 4.98 Å². The van der Waals surface area contributed by atoms with Crippen molar-refractivity contribution in [3.63, 3.8) is 0 Å². The number of ether oxygens (including phenoxy) is 2. The molecule has 0 saturated heterocycles. The molecule has 8 heteroatoms. The summed E-state index contributed by atoms with van der Waals surface area (Å²) in [7, 11) is 0. The second-order valence-electron chi connectivity index (χ2n) is 5.45. The molecule has 4 nitrogen and oxygen atoms in total. The highest BCUT2D eigenvalue weighted by Gasteiger charge is 2.38. The predicted molar refractivity (Wildman–Crippen MR) is 84.4 cm³/mol.